The van der Waals surface area contributed by atoms with E-state index in [9.17, 15) is 4.79 Å². The van der Waals surface area contributed by atoms with Gasteiger partial charge in [0.05, 0.1) is 5.56 Å². The van der Waals surface area contributed by atoms with E-state index < -0.39 is 0 Å². The molecule has 0 radical (unpaired) electrons. The zero-order valence-corrected chi connectivity index (χ0v) is 9.20. The molecule has 2 heterocycles. The minimum absolute atomic E-state index is 0.0684. The number of carbonyl (C=O) groups excluding carboxylic acids is 1. The number of halogens is 1. The molecular weight excluding hydrogens is 212 g/mol. The minimum Gasteiger partial charge on any atom is -0.339 e. The van der Waals surface area contributed by atoms with E-state index in [2.05, 4.69) is 4.98 Å². The average Bonchev–Trinajstić information content (AvgIpc) is 2.30. The quantitative estimate of drug-likeness (QED) is 0.687. The fourth-order valence-corrected chi connectivity index (χ4v) is 1.89. The molecule has 0 saturated carbocycles. The van der Waals surface area contributed by atoms with Crippen LogP contribution >= 0.6 is 11.6 Å². The van der Waals surface area contributed by atoms with Crippen LogP contribution in [0.4, 0.5) is 0 Å². The van der Waals surface area contributed by atoms with Crippen molar-refractivity contribution in [3.8, 4) is 0 Å². The highest BCUT2D eigenvalue weighted by Crippen LogP contribution is 2.13. The Labute approximate surface area is 94.1 Å². The van der Waals surface area contributed by atoms with Gasteiger partial charge in [0.1, 0.15) is 5.15 Å². The molecule has 0 aromatic carbocycles. The average molecular weight is 225 g/mol. The van der Waals surface area contributed by atoms with Gasteiger partial charge in [-0.25, -0.2) is 4.98 Å². The van der Waals surface area contributed by atoms with Gasteiger partial charge >= 0.3 is 0 Å². The summed E-state index contributed by atoms with van der Waals surface area (Å²) in [6.45, 7) is 1.73. The van der Waals surface area contributed by atoms with Crippen LogP contribution < -0.4 is 0 Å². The number of nitrogens with zero attached hydrogens (tertiary/aromatic N) is 2. The van der Waals surface area contributed by atoms with Gasteiger partial charge in [0.2, 0.25) is 0 Å². The molecule has 0 atom stereocenters. The Balaban J connectivity index is 2.09. The zero-order chi connectivity index (χ0) is 10.7. The van der Waals surface area contributed by atoms with E-state index in [1.165, 1.54) is 6.42 Å². The molecule has 4 heteroatoms. The van der Waals surface area contributed by atoms with Gasteiger partial charge in [-0.2, -0.15) is 0 Å². The topological polar surface area (TPSA) is 33.2 Å². The Morgan fingerprint density at radius 2 is 2.00 bits per heavy atom. The molecule has 1 fully saturated rings. The molecule has 1 aromatic heterocycles. The molecule has 0 unspecified atom stereocenters. The molecule has 1 amide bonds. The van der Waals surface area contributed by atoms with Crippen molar-refractivity contribution in [1.29, 1.82) is 0 Å². The van der Waals surface area contributed by atoms with Gasteiger partial charge in [-0.15, -0.1) is 0 Å². The van der Waals surface area contributed by atoms with Crippen molar-refractivity contribution in [2.75, 3.05) is 13.1 Å². The third-order valence-electron chi connectivity index (χ3n) is 2.62. The maximum atomic E-state index is 12.0. The van der Waals surface area contributed by atoms with Crippen molar-refractivity contribution in [3.05, 3.63) is 29.0 Å². The monoisotopic (exact) mass is 224 g/mol. The van der Waals surface area contributed by atoms with E-state index in [1.54, 1.807) is 18.3 Å². The lowest BCUT2D eigenvalue weighted by molar-refractivity contribution is 0.0724. The highest BCUT2D eigenvalue weighted by Gasteiger charge is 2.17. The number of piperidine rings is 1. The van der Waals surface area contributed by atoms with Crippen LogP contribution in [0.5, 0.6) is 0 Å². The van der Waals surface area contributed by atoms with E-state index >= 15 is 0 Å². The van der Waals surface area contributed by atoms with Crippen LogP contribution in [-0.4, -0.2) is 28.9 Å². The van der Waals surface area contributed by atoms with Crippen LogP contribution in [0, 0.1) is 0 Å². The second-order valence-corrected chi connectivity index (χ2v) is 4.11. The standard InChI is InChI=1S/C11H13ClN2O/c12-10-5-4-9(8-13-10)11(15)14-6-2-1-3-7-14/h4-5,8H,1-3,6-7H2. The Kier molecular flexibility index (Phi) is 3.21. The highest BCUT2D eigenvalue weighted by molar-refractivity contribution is 6.29. The second-order valence-electron chi connectivity index (χ2n) is 3.72. The number of hydrogen-bond acceptors (Lipinski definition) is 2. The first-order valence-corrected chi connectivity index (χ1v) is 5.56. The van der Waals surface area contributed by atoms with Crippen molar-refractivity contribution >= 4 is 17.5 Å². The summed E-state index contributed by atoms with van der Waals surface area (Å²) in [4.78, 5) is 17.8. The van der Waals surface area contributed by atoms with E-state index in [1.807, 2.05) is 4.90 Å². The van der Waals surface area contributed by atoms with Gasteiger partial charge in [0.15, 0.2) is 0 Å². The summed E-state index contributed by atoms with van der Waals surface area (Å²) in [6.07, 6.45) is 4.97. The normalized spacial score (nSPS) is 16.5. The summed E-state index contributed by atoms with van der Waals surface area (Å²) < 4.78 is 0. The molecule has 80 valence electrons. The third kappa shape index (κ3) is 2.48. The van der Waals surface area contributed by atoms with Gasteiger partial charge in [-0.05, 0) is 31.4 Å². The molecular formula is C11H13ClN2O. The second kappa shape index (κ2) is 4.62. The number of amides is 1. The molecule has 2 rings (SSSR count). The molecule has 0 N–H and O–H groups in total. The van der Waals surface area contributed by atoms with Crippen LogP contribution in [0.1, 0.15) is 29.6 Å². The highest BCUT2D eigenvalue weighted by atomic mass is 35.5. The Bertz CT molecular complexity index is 344. The molecule has 1 aliphatic heterocycles. The smallest absolute Gasteiger partial charge is 0.255 e. The van der Waals surface area contributed by atoms with Crippen LogP contribution in [0.3, 0.4) is 0 Å². The molecule has 0 aliphatic carbocycles. The molecule has 3 nitrogen and oxygen atoms in total. The van der Waals surface area contributed by atoms with Gasteiger partial charge in [-0.3, -0.25) is 4.79 Å². The number of rotatable bonds is 1. The largest absolute Gasteiger partial charge is 0.339 e. The summed E-state index contributed by atoms with van der Waals surface area (Å²) in [6, 6.07) is 3.38. The maximum absolute atomic E-state index is 12.0. The summed E-state index contributed by atoms with van der Waals surface area (Å²) >= 11 is 5.67. The Morgan fingerprint density at radius 1 is 1.27 bits per heavy atom. The van der Waals surface area contributed by atoms with Crippen molar-refractivity contribution in [3.63, 3.8) is 0 Å². The Morgan fingerprint density at radius 3 is 2.60 bits per heavy atom. The van der Waals surface area contributed by atoms with Crippen molar-refractivity contribution < 1.29 is 4.79 Å². The van der Waals surface area contributed by atoms with E-state index in [-0.39, 0.29) is 5.91 Å². The van der Waals surface area contributed by atoms with Crippen molar-refractivity contribution in [2.45, 2.75) is 19.3 Å². The summed E-state index contributed by atoms with van der Waals surface area (Å²) in [5.41, 5.74) is 0.626. The van der Waals surface area contributed by atoms with Crippen LogP contribution in [-0.2, 0) is 0 Å². The summed E-state index contributed by atoms with van der Waals surface area (Å²) in [5.74, 6) is 0.0684. The first-order chi connectivity index (χ1) is 7.27. The lowest BCUT2D eigenvalue weighted by atomic mass is 10.1. The fraction of sp³-hybridized carbons (Fsp3) is 0.455. The Hall–Kier alpha value is -1.09. The predicted molar refractivity (Wildman–Crippen MR) is 59.0 cm³/mol. The number of pyridine rings is 1. The zero-order valence-electron chi connectivity index (χ0n) is 8.45. The van der Waals surface area contributed by atoms with Crippen LogP contribution in [0.2, 0.25) is 5.15 Å². The van der Waals surface area contributed by atoms with Crippen LogP contribution in [0.25, 0.3) is 0 Å². The molecule has 1 saturated heterocycles. The lowest BCUT2D eigenvalue weighted by Crippen LogP contribution is -2.35. The van der Waals surface area contributed by atoms with E-state index in [0.717, 1.165) is 25.9 Å². The lowest BCUT2D eigenvalue weighted by Gasteiger charge is -2.26. The summed E-state index contributed by atoms with van der Waals surface area (Å²) in [7, 11) is 0. The van der Waals surface area contributed by atoms with Gasteiger partial charge < -0.3 is 4.90 Å². The third-order valence-corrected chi connectivity index (χ3v) is 2.84. The number of likely N-dealkylation sites (tertiary alicyclic amines) is 1. The van der Waals surface area contributed by atoms with Crippen molar-refractivity contribution in [1.82, 2.24) is 9.88 Å². The summed E-state index contributed by atoms with van der Waals surface area (Å²) in [5, 5.41) is 0.421. The minimum atomic E-state index is 0.0684. The van der Waals surface area contributed by atoms with Gasteiger partial charge in [0, 0.05) is 19.3 Å². The molecule has 1 aromatic rings. The number of aromatic nitrogens is 1. The predicted octanol–water partition coefficient (Wildman–Crippen LogP) is 2.36. The first kappa shape index (κ1) is 10.4. The number of carbonyl (C=O) groups is 1. The molecule has 1 aliphatic rings. The molecule has 0 spiro atoms. The van der Waals surface area contributed by atoms with Gasteiger partial charge in [-0.1, -0.05) is 11.6 Å². The van der Waals surface area contributed by atoms with E-state index in [0.29, 0.717) is 10.7 Å². The molecule has 0 bridgehead atoms. The number of hydrogen-bond donors (Lipinski definition) is 0. The van der Waals surface area contributed by atoms with Crippen LogP contribution in [0.15, 0.2) is 18.3 Å². The van der Waals surface area contributed by atoms with Gasteiger partial charge in [0.25, 0.3) is 5.91 Å². The first-order valence-electron chi connectivity index (χ1n) is 5.18. The fourth-order valence-electron chi connectivity index (χ4n) is 1.78. The van der Waals surface area contributed by atoms with Crippen molar-refractivity contribution in [2.24, 2.45) is 0 Å². The SMILES string of the molecule is O=C(c1ccc(Cl)nc1)N1CCCCC1. The van der Waals surface area contributed by atoms with E-state index in [4.69, 9.17) is 11.6 Å². The molecule has 15 heavy (non-hydrogen) atoms. The maximum Gasteiger partial charge on any atom is 0.255 e.